The number of nitrogens with two attached hydrogens (primary N) is 1. The number of carbonyl (C=O) groups is 1. The highest BCUT2D eigenvalue weighted by Gasteiger charge is 2.12. The topological polar surface area (TPSA) is 63.3 Å². The van der Waals surface area contributed by atoms with E-state index in [1.165, 1.54) is 6.07 Å². The van der Waals surface area contributed by atoms with Crippen LogP contribution in [0.5, 0.6) is 0 Å². The summed E-state index contributed by atoms with van der Waals surface area (Å²) in [7, 11) is 0. The molecule has 0 aliphatic carbocycles. The molecule has 1 rings (SSSR count). The molecule has 5 heteroatoms. The van der Waals surface area contributed by atoms with Crippen molar-refractivity contribution in [2.45, 2.75) is 19.1 Å². The summed E-state index contributed by atoms with van der Waals surface area (Å²) in [6, 6.07) is 3.74. The third-order valence-electron chi connectivity index (χ3n) is 2.03. The van der Waals surface area contributed by atoms with Crippen LogP contribution in [0.4, 0.5) is 4.39 Å². The second-order valence-electron chi connectivity index (χ2n) is 3.21. The number of hydrogen-bond donors (Lipinski definition) is 2. The van der Waals surface area contributed by atoms with Gasteiger partial charge in [0.25, 0.3) is 0 Å². The van der Waals surface area contributed by atoms with Gasteiger partial charge in [-0.25, -0.2) is 4.39 Å². The Bertz CT molecular complexity index is 370. The molecular weight excluding hydrogens is 221 g/mol. The van der Waals surface area contributed by atoms with E-state index in [0.29, 0.717) is 16.1 Å². The number of aliphatic carboxylic acids is 1. The molecule has 0 saturated heterocycles. The van der Waals surface area contributed by atoms with Crippen LogP contribution in [-0.2, 0) is 17.9 Å². The van der Waals surface area contributed by atoms with E-state index in [-0.39, 0.29) is 6.42 Å². The van der Waals surface area contributed by atoms with Crippen molar-refractivity contribution in [1.29, 1.82) is 0 Å². The SMILES string of the molecule is NC(Cc1ccc(Cl)c(CF)c1)C(=O)O. The summed E-state index contributed by atoms with van der Waals surface area (Å²) in [6.45, 7) is -0.672. The van der Waals surface area contributed by atoms with Crippen molar-refractivity contribution >= 4 is 17.6 Å². The zero-order chi connectivity index (χ0) is 11.4. The molecule has 0 amide bonds. The fourth-order valence-electron chi connectivity index (χ4n) is 1.20. The Morgan fingerprint density at radius 1 is 1.60 bits per heavy atom. The molecule has 15 heavy (non-hydrogen) atoms. The van der Waals surface area contributed by atoms with E-state index < -0.39 is 18.7 Å². The molecule has 0 saturated carbocycles. The first-order valence-electron chi connectivity index (χ1n) is 4.36. The maximum atomic E-state index is 12.4. The van der Waals surface area contributed by atoms with Crippen LogP contribution in [0.25, 0.3) is 0 Å². The molecular formula is C10H11ClFNO2. The summed E-state index contributed by atoms with van der Waals surface area (Å²) in [6.07, 6.45) is 0.166. The van der Waals surface area contributed by atoms with Gasteiger partial charge >= 0.3 is 5.97 Å². The molecule has 1 aromatic rings. The van der Waals surface area contributed by atoms with E-state index in [0.717, 1.165) is 0 Å². The second kappa shape index (κ2) is 5.09. The molecule has 1 unspecified atom stereocenters. The predicted octanol–water partition coefficient (Wildman–Crippen LogP) is 1.76. The Balaban J connectivity index is 2.83. The summed E-state index contributed by atoms with van der Waals surface area (Å²) in [4.78, 5) is 10.5. The van der Waals surface area contributed by atoms with Crippen LogP contribution < -0.4 is 5.73 Å². The molecule has 0 heterocycles. The van der Waals surface area contributed by atoms with Gasteiger partial charge in [0, 0.05) is 10.6 Å². The van der Waals surface area contributed by atoms with E-state index in [1.807, 2.05) is 0 Å². The van der Waals surface area contributed by atoms with E-state index in [9.17, 15) is 9.18 Å². The summed E-state index contributed by atoms with van der Waals surface area (Å²) in [5.74, 6) is -1.08. The molecule has 0 aromatic heterocycles. The monoisotopic (exact) mass is 231 g/mol. The van der Waals surface area contributed by atoms with Crippen molar-refractivity contribution in [3.8, 4) is 0 Å². The van der Waals surface area contributed by atoms with Gasteiger partial charge in [-0.05, 0) is 18.1 Å². The van der Waals surface area contributed by atoms with E-state index in [4.69, 9.17) is 22.4 Å². The Labute approximate surface area is 91.7 Å². The maximum absolute atomic E-state index is 12.4. The highest BCUT2D eigenvalue weighted by atomic mass is 35.5. The Hall–Kier alpha value is -1.13. The molecule has 1 atom stereocenters. The number of hydrogen-bond acceptors (Lipinski definition) is 2. The standard InChI is InChI=1S/C10H11ClFNO2/c11-8-2-1-6(3-7(8)5-12)4-9(13)10(14)15/h1-3,9H,4-5,13H2,(H,14,15). The van der Waals surface area contributed by atoms with Crippen molar-refractivity contribution in [2.24, 2.45) is 5.73 Å². The lowest BCUT2D eigenvalue weighted by Crippen LogP contribution is -2.32. The van der Waals surface area contributed by atoms with Crippen LogP contribution in [0.15, 0.2) is 18.2 Å². The molecule has 0 spiro atoms. The third kappa shape index (κ3) is 3.18. The third-order valence-corrected chi connectivity index (χ3v) is 2.40. The van der Waals surface area contributed by atoms with Gasteiger partial charge < -0.3 is 10.8 Å². The fraction of sp³-hybridized carbons (Fsp3) is 0.300. The predicted molar refractivity (Wildman–Crippen MR) is 55.6 cm³/mol. The van der Waals surface area contributed by atoms with Gasteiger partial charge in [-0.1, -0.05) is 23.7 Å². The molecule has 3 nitrogen and oxygen atoms in total. The van der Waals surface area contributed by atoms with Crippen molar-refractivity contribution in [1.82, 2.24) is 0 Å². The number of halogens is 2. The van der Waals surface area contributed by atoms with Crippen LogP contribution >= 0.6 is 11.6 Å². The Kier molecular flexibility index (Phi) is 4.05. The maximum Gasteiger partial charge on any atom is 0.320 e. The largest absolute Gasteiger partial charge is 0.480 e. The van der Waals surface area contributed by atoms with E-state index in [2.05, 4.69) is 0 Å². The Morgan fingerprint density at radius 3 is 2.80 bits per heavy atom. The van der Waals surface area contributed by atoms with Crippen molar-refractivity contribution in [3.63, 3.8) is 0 Å². The van der Waals surface area contributed by atoms with Crippen molar-refractivity contribution in [2.75, 3.05) is 0 Å². The van der Waals surface area contributed by atoms with Gasteiger partial charge in [-0.2, -0.15) is 0 Å². The van der Waals surface area contributed by atoms with E-state index in [1.54, 1.807) is 12.1 Å². The minimum atomic E-state index is -1.08. The number of benzene rings is 1. The second-order valence-corrected chi connectivity index (χ2v) is 3.62. The normalized spacial score (nSPS) is 12.5. The zero-order valence-corrected chi connectivity index (χ0v) is 8.67. The Morgan fingerprint density at radius 2 is 2.27 bits per heavy atom. The van der Waals surface area contributed by atoms with Gasteiger partial charge in [0.05, 0.1) is 0 Å². The summed E-state index contributed by atoms with van der Waals surface area (Å²) in [5, 5.41) is 8.94. The van der Waals surface area contributed by atoms with Crippen LogP contribution in [-0.4, -0.2) is 17.1 Å². The number of alkyl halides is 1. The molecule has 0 aliphatic heterocycles. The van der Waals surface area contributed by atoms with E-state index >= 15 is 0 Å². The first kappa shape index (κ1) is 11.9. The van der Waals surface area contributed by atoms with Gasteiger partial charge in [-0.3, -0.25) is 4.79 Å². The molecule has 3 N–H and O–H groups in total. The molecule has 0 bridgehead atoms. The average Bonchev–Trinajstić information content (AvgIpc) is 2.20. The zero-order valence-electron chi connectivity index (χ0n) is 7.91. The average molecular weight is 232 g/mol. The van der Waals surface area contributed by atoms with Gasteiger partial charge in [-0.15, -0.1) is 0 Å². The van der Waals surface area contributed by atoms with Crippen molar-refractivity contribution in [3.05, 3.63) is 34.3 Å². The first-order chi connectivity index (χ1) is 7.04. The summed E-state index contributed by atoms with van der Waals surface area (Å²) in [5.41, 5.74) is 6.37. The summed E-state index contributed by atoms with van der Waals surface area (Å²) < 4.78 is 12.4. The number of carboxylic acids is 1. The lowest BCUT2D eigenvalue weighted by molar-refractivity contribution is -0.138. The molecule has 0 aliphatic rings. The first-order valence-corrected chi connectivity index (χ1v) is 4.74. The smallest absolute Gasteiger partial charge is 0.320 e. The minimum absolute atomic E-state index is 0.166. The minimum Gasteiger partial charge on any atom is -0.480 e. The molecule has 0 fully saturated rings. The fourth-order valence-corrected chi connectivity index (χ4v) is 1.37. The molecule has 0 radical (unpaired) electrons. The highest BCUT2D eigenvalue weighted by Crippen LogP contribution is 2.19. The molecule has 1 aromatic carbocycles. The quantitative estimate of drug-likeness (QED) is 0.830. The van der Waals surface area contributed by atoms with Gasteiger partial charge in [0.2, 0.25) is 0 Å². The lowest BCUT2D eigenvalue weighted by atomic mass is 10.0. The van der Waals surface area contributed by atoms with Crippen LogP contribution in [0.3, 0.4) is 0 Å². The van der Waals surface area contributed by atoms with Gasteiger partial charge in [0.1, 0.15) is 12.7 Å². The van der Waals surface area contributed by atoms with Crippen molar-refractivity contribution < 1.29 is 14.3 Å². The lowest BCUT2D eigenvalue weighted by Gasteiger charge is -2.08. The molecule has 82 valence electrons. The van der Waals surface area contributed by atoms with Gasteiger partial charge in [0.15, 0.2) is 0 Å². The number of rotatable bonds is 4. The summed E-state index contributed by atoms with van der Waals surface area (Å²) >= 11 is 5.71. The van der Waals surface area contributed by atoms with Crippen LogP contribution in [0.2, 0.25) is 5.02 Å². The highest BCUT2D eigenvalue weighted by molar-refractivity contribution is 6.31. The number of carboxylic acid groups (broad SMARTS) is 1. The van der Waals surface area contributed by atoms with Crippen LogP contribution in [0, 0.1) is 0 Å². The van der Waals surface area contributed by atoms with Crippen LogP contribution in [0.1, 0.15) is 11.1 Å².